The predicted octanol–water partition coefficient (Wildman–Crippen LogP) is 0.793. The van der Waals surface area contributed by atoms with E-state index in [1.807, 2.05) is 0 Å². The van der Waals surface area contributed by atoms with Crippen LogP contribution in [-0.4, -0.2) is 47.4 Å². The third-order valence-electron chi connectivity index (χ3n) is 2.38. The number of hydrogen-bond donors (Lipinski definition) is 3. The van der Waals surface area contributed by atoms with Crippen LogP contribution in [0.15, 0.2) is 30.5 Å². The second-order valence-corrected chi connectivity index (χ2v) is 3.77. The van der Waals surface area contributed by atoms with Gasteiger partial charge in [-0.15, -0.1) is 0 Å². The van der Waals surface area contributed by atoms with Gasteiger partial charge in [0.25, 0.3) is 0 Å². The number of halogens is 1. The minimum atomic E-state index is -0.415. The van der Waals surface area contributed by atoms with Crippen LogP contribution in [0.25, 0.3) is 6.08 Å². The van der Waals surface area contributed by atoms with Crippen molar-refractivity contribution < 1.29 is 19.4 Å². The molecule has 0 saturated heterocycles. The molecule has 0 fully saturated rings. The number of benzene rings is 1. The smallest absolute Gasteiger partial charge is 0.321 e. The lowest BCUT2D eigenvalue weighted by atomic mass is 10.2. The van der Waals surface area contributed by atoms with Crippen molar-refractivity contribution in [2.24, 2.45) is 0 Å². The van der Waals surface area contributed by atoms with E-state index in [9.17, 15) is 9.18 Å². The van der Waals surface area contributed by atoms with Gasteiger partial charge in [0.15, 0.2) is 0 Å². The molecule has 0 heterocycles. The molecule has 1 aromatic carbocycles. The second kappa shape index (κ2) is 8.23. The Morgan fingerprint density at radius 1 is 1.21 bits per heavy atom. The molecule has 0 radical (unpaired) electrons. The highest BCUT2D eigenvalue weighted by atomic mass is 19.1. The molecule has 0 aromatic heterocycles. The highest BCUT2D eigenvalue weighted by Crippen LogP contribution is 2.03. The standard InChI is InChI=1S/C13H17FN2O3/c14-12-3-1-11(2-4-12)5-6-15-13(19)16(7-9-17)8-10-18/h1-6,17-18H,7-10H2,(H,15,19)/b6-5+. The average molecular weight is 268 g/mol. The first-order valence-electron chi connectivity index (χ1n) is 5.86. The highest BCUT2D eigenvalue weighted by molar-refractivity contribution is 5.76. The van der Waals surface area contributed by atoms with E-state index in [4.69, 9.17) is 10.2 Å². The zero-order valence-corrected chi connectivity index (χ0v) is 10.4. The number of amides is 2. The minimum Gasteiger partial charge on any atom is -0.395 e. The highest BCUT2D eigenvalue weighted by Gasteiger charge is 2.09. The predicted molar refractivity (Wildman–Crippen MR) is 69.7 cm³/mol. The summed E-state index contributed by atoms with van der Waals surface area (Å²) in [5.41, 5.74) is 0.748. The average Bonchev–Trinajstić information content (AvgIpc) is 2.40. The summed E-state index contributed by atoms with van der Waals surface area (Å²) in [6.45, 7) is -0.0439. The van der Waals surface area contributed by atoms with Crippen molar-refractivity contribution in [3.05, 3.63) is 41.8 Å². The number of hydrogen-bond acceptors (Lipinski definition) is 3. The summed E-state index contributed by atoms with van der Waals surface area (Å²) >= 11 is 0. The van der Waals surface area contributed by atoms with Gasteiger partial charge in [0.2, 0.25) is 0 Å². The number of aliphatic hydroxyl groups is 2. The first kappa shape index (κ1) is 15.1. The Balaban J connectivity index is 2.49. The maximum Gasteiger partial charge on any atom is 0.321 e. The lowest BCUT2D eigenvalue weighted by Crippen LogP contribution is -2.41. The molecule has 0 aliphatic rings. The van der Waals surface area contributed by atoms with Crippen molar-refractivity contribution in [3.63, 3.8) is 0 Å². The van der Waals surface area contributed by atoms with Crippen LogP contribution in [0.3, 0.4) is 0 Å². The van der Waals surface area contributed by atoms with Crippen LogP contribution >= 0.6 is 0 Å². The fourth-order valence-electron chi connectivity index (χ4n) is 1.43. The monoisotopic (exact) mass is 268 g/mol. The Bertz CT molecular complexity index is 414. The van der Waals surface area contributed by atoms with Crippen LogP contribution in [0.5, 0.6) is 0 Å². The van der Waals surface area contributed by atoms with E-state index in [1.54, 1.807) is 18.2 Å². The SMILES string of the molecule is O=C(N/C=C/c1ccc(F)cc1)N(CCO)CCO. The molecule has 0 atom stereocenters. The zero-order valence-electron chi connectivity index (χ0n) is 10.4. The van der Waals surface area contributed by atoms with E-state index in [-0.39, 0.29) is 32.1 Å². The van der Waals surface area contributed by atoms with E-state index < -0.39 is 6.03 Å². The van der Waals surface area contributed by atoms with E-state index in [0.717, 1.165) is 5.56 Å². The number of urea groups is 1. The molecule has 0 aliphatic carbocycles. The molecule has 0 aliphatic heterocycles. The summed E-state index contributed by atoms with van der Waals surface area (Å²) in [6, 6.07) is 5.40. The molecule has 1 aromatic rings. The number of rotatable bonds is 6. The Labute approximate surface area is 111 Å². The molecule has 0 saturated carbocycles. The van der Waals surface area contributed by atoms with Gasteiger partial charge < -0.3 is 20.4 Å². The van der Waals surface area contributed by atoms with Crippen LogP contribution in [0.2, 0.25) is 0 Å². The maximum atomic E-state index is 12.7. The van der Waals surface area contributed by atoms with Crippen LogP contribution in [0.4, 0.5) is 9.18 Å². The lowest BCUT2D eigenvalue weighted by Gasteiger charge is -2.19. The molecule has 0 bridgehead atoms. The Kier molecular flexibility index (Phi) is 6.56. The number of nitrogens with zero attached hydrogens (tertiary/aromatic N) is 1. The fraction of sp³-hybridized carbons (Fsp3) is 0.308. The molecule has 104 valence electrons. The van der Waals surface area contributed by atoms with Crippen molar-refractivity contribution in [2.75, 3.05) is 26.3 Å². The largest absolute Gasteiger partial charge is 0.395 e. The van der Waals surface area contributed by atoms with Gasteiger partial charge in [-0.1, -0.05) is 12.1 Å². The summed E-state index contributed by atoms with van der Waals surface area (Å²) in [5.74, 6) is -0.321. The summed E-state index contributed by atoms with van der Waals surface area (Å²) in [4.78, 5) is 12.9. The molecule has 6 heteroatoms. The summed E-state index contributed by atoms with van der Waals surface area (Å²) in [7, 11) is 0. The fourth-order valence-corrected chi connectivity index (χ4v) is 1.43. The van der Waals surface area contributed by atoms with Gasteiger partial charge in [0.1, 0.15) is 5.82 Å². The Morgan fingerprint density at radius 2 is 1.79 bits per heavy atom. The molecule has 0 unspecified atom stereocenters. The van der Waals surface area contributed by atoms with Crippen molar-refractivity contribution in [1.29, 1.82) is 0 Å². The molecule has 1 rings (SSSR count). The quantitative estimate of drug-likeness (QED) is 0.714. The first-order valence-corrected chi connectivity index (χ1v) is 5.86. The van der Waals surface area contributed by atoms with Crippen molar-refractivity contribution in [3.8, 4) is 0 Å². The van der Waals surface area contributed by atoms with Gasteiger partial charge in [0.05, 0.1) is 13.2 Å². The van der Waals surface area contributed by atoms with E-state index >= 15 is 0 Å². The Hall–Kier alpha value is -1.92. The summed E-state index contributed by atoms with van der Waals surface area (Å²) < 4.78 is 12.7. The van der Waals surface area contributed by atoms with Crippen LogP contribution in [0.1, 0.15) is 5.56 Å². The van der Waals surface area contributed by atoms with Crippen molar-refractivity contribution >= 4 is 12.1 Å². The molecular weight excluding hydrogens is 251 g/mol. The van der Waals surface area contributed by atoms with Gasteiger partial charge in [-0.3, -0.25) is 0 Å². The molecule has 19 heavy (non-hydrogen) atoms. The van der Waals surface area contributed by atoms with Crippen LogP contribution < -0.4 is 5.32 Å². The zero-order chi connectivity index (χ0) is 14.1. The van der Waals surface area contributed by atoms with Crippen molar-refractivity contribution in [2.45, 2.75) is 0 Å². The van der Waals surface area contributed by atoms with Crippen LogP contribution in [-0.2, 0) is 0 Å². The summed E-state index contributed by atoms with van der Waals surface area (Å²) in [5, 5.41) is 20.1. The van der Waals surface area contributed by atoms with Crippen molar-refractivity contribution in [1.82, 2.24) is 10.2 Å². The van der Waals surface area contributed by atoms with Gasteiger partial charge in [-0.25, -0.2) is 9.18 Å². The van der Waals surface area contributed by atoms with E-state index in [1.165, 1.54) is 23.2 Å². The Morgan fingerprint density at radius 3 is 2.32 bits per heavy atom. The molecular formula is C13H17FN2O3. The number of nitrogens with one attached hydrogen (secondary N) is 1. The lowest BCUT2D eigenvalue weighted by molar-refractivity contribution is 0.161. The summed E-state index contributed by atoms with van der Waals surface area (Å²) in [6.07, 6.45) is 3.05. The van der Waals surface area contributed by atoms with E-state index in [0.29, 0.717) is 0 Å². The second-order valence-electron chi connectivity index (χ2n) is 3.77. The first-order chi connectivity index (χ1) is 9.17. The van der Waals surface area contributed by atoms with Gasteiger partial charge in [-0.2, -0.15) is 0 Å². The number of aliphatic hydroxyl groups excluding tert-OH is 2. The third-order valence-corrected chi connectivity index (χ3v) is 2.38. The maximum absolute atomic E-state index is 12.7. The van der Waals surface area contributed by atoms with Gasteiger partial charge in [-0.05, 0) is 23.8 Å². The molecule has 5 nitrogen and oxygen atoms in total. The minimum absolute atomic E-state index is 0.150. The third kappa shape index (κ3) is 5.50. The molecule has 2 amide bonds. The molecule has 3 N–H and O–H groups in total. The van der Waals surface area contributed by atoms with Gasteiger partial charge in [0, 0.05) is 19.3 Å². The van der Waals surface area contributed by atoms with E-state index in [2.05, 4.69) is 5.32 Å². The molecule has 0 spiro atoms. The number of carbonyl (C=O) groups excluding carboxylic acids is 1. The normalized spacial score (nSPS) is 10.7. The van der Waals surface area contributed by atoms with Crippen LogP contribution in [0, 0.1) is 5.82 Å². The number of carbonyl (C=O) groups is 1. The van der Waals surface area contributed by atoms with Gasteiger partial charge >= 0.3 is 6.03 Å². The topological polar surface area (TPSA) is 72.8 Å².